The Hall–Kier alpha value is -0.570. The summed E-state index contributed by atoms with van der Waals surface area (Å²) in [5.41, 5.74) is 0.334. The van der Waals surface area contributed by atoms with Gasteiger partial charge in [-0.25, -0.2) is 0 Å². The highest BCUT2D eigenvalue weighted by molar-refractivity contribution is 5.76. The molecular formula is C11H22N2O. The molecule has 14 heavy (non-hydrogen) atoms. The number of hydrogen-bond acceptors (Lipinski definition) is 2. The van der Waals surface area contributed by atoms with Crippen LogP contribution in [0.4, 0.5) is 0 Å². The van der Waals surface area contributed by atoms with E-state index in [1.54, 1.807) is 0 Å². The largest absolute Gasteiger partial charge is 0.353 e. The first kappa shape index (κ1) is 11.5. The van der Waals surface area contributed by atoms with Crippen molar-refractivity contribution in [2.45, 2.75) is 52.6 Å². The molecule has 1 unspecified atom stereocenters. The van der Waals surface area contributed by atoms with Crippen molar-refractivity contribution >= 4 is 5.91 Å². The van der Waals surface area contributed by atoms with Crippen LogP contribution in [0.2, 0.25) is 0 Å². The third-order valence-electron chi connectivity index (χ3n) is 2.75. The number of hydrogen-bond donors (Lipinski definition) is 2. The van der Waals surface area contributed by atoms with Crippen molar-refractivity contribution in [3.8, 4) is 0 Å². The Kier molecular flexibility index (Phi) is 3.53. The average Bonchev–Trinajstić information content (AvgIpc) is 2.57. The van der Waals surface area contributed by atoms with E-state index >= 15 is 0 Å². The van der Waals surface area contributed by atoms with Gasteiger partial charge in [0, 0.05) is 25.0 Å². The van der Waals surface area contributed by atoms with Crippen molar-refractivity contribution in [3.05, 3.63) is 0 Å². The zero-order valence-electron chi connectivity index (χ0n) is 9.68. The van der Waals surface area contributed by atoms with Gasteiger partial charge in [-0.3, -0.25) is 4.79 Å². The molecule has 0 spiro atoms. The summed E-state index contributed by atoms with van der Waals surface area (Å²) in [6.07, 6.45) is 1.71. The van der Waals surface area contributed by atoms with Gasteiger partial charge < -0.3 is 10.6 Å². The van der Waals surface area contributed by atoms with Crippen LogP contribution in [0.15, 0.2) is 0 Å². The van der Waals surface area contributed by atoms with Crippen LogP contribution in [-0.2, 0) is 4.79 Å². The molecule has 1 amide bonds. The lowest BCUT2D eigenvalue weighted by Gasteiger charge is -2.09. The summed E-state index contributed by atoms with van der Waals surface area (Å²) >= 11 is 0. The molecule has 0 bridgehead atoms. The minimum atomic E-state index is 0.175. The number of nitrogens with one attached hydrogen (secondary N) is 2. The van der Waals surface area contributed by atoms with Crippen LogP contribution < -0.4 is 10.6 Å². The van der Waals surface area contributed by atoms with E-state index in [1.165, 1.54) is 0 Å². The molecule has 0 radical (unpaired) electrons. The molecule has 1 aliphatic rings. The molecule has 1 rings (SSSR count). The fourth-order valence-corrected chi connectivity index (χ4v) is 1.45. The Morgan fingerprint density at radius 1 is 1.50 bits per heavy atom. The molecular weight excluding hydrogens is 176 g/mol. The molecule has 1 fully saturated rings. The van der Waals surface area contributed by atoms with Crippen LogP contribution in [0.1, 0.15) is 40.5 Å². The lowest BCUT2D eigenvalue weighted by Crippen LogP contribution is -2.32. The minimum absolute atomic E-state index is 0.175. The quantitative estimate of drug-likeness (QED) is 0.699. The maximum Gasteiger partial charge on any atom is 0.221 e. The maximum absolute atomic E-state index is 11.4. The second-order valence-electron chi connectivity index (χ2n) is 5.17. The molecule has 82 valence electrons. The van der Waals surface area contributed by atoms with E-state index in [4.69, 9.17) is 0 Å². The third-order valence-corrected chi connectivity index (χ3v) is 2.75. The normalized spacial score (nSPS) is 23.6. The van der Waals surface area contributed by atoms with E-state index < -0.39 is 0 Å². The molecule has 0 saturated heterocycles. The van der Waals surface area contributed by atoms with Gasteiger partial charge in [-0.1, -0.05) is 27.7 Å². The van der Waals surface area contributed by atoms with E-state index in [-0.39, 0.29) is 5.91 Å². The highest BCUT2D eigenvalue weighted by Gasteiger charge is 2.46. The Morgan fingerprint density at radius 2 is 2.07 bits per heavy atom. The standard InChI is InChI=1S/C11H22N2O/c1-8(2)12-6-5-10(14)13-9-7-11(9,3)4/h8-9,12H,5-7H2,1-4H3,(H,13,14). The summed E-state index contributed by atoms with van der Waals surface area (Å²) in [6.45, 7) is 9.31. The number of carbonyl (C=O) groups is 1. The summed E-state index contributed by atoms with van der Waals surface area (Å²) in [6, 6.07) is 0.870. The average molecular weight is 198 g/mol. The first-order chi connectivity index (χ1) is 6.42. The van der Waals surface area contributed by atoms with Gasteiger partial charge in [0.15, 0.2) is 0 Å². The monoisotopic (exact) mass is 198 g/mol. The van der Waals surface area contributed by atoms with Gasteiger partial charge in [-0.05, 0) is 11.8 Å². The molecule has 0 aliphatic heterocycles. The lowest BCUT2D eigenvalue weighted by molar-refractivity contribution is -0.121. The summed E-state index contributed by atoms with van der Waals surface area (Å²) in [5.74, 6) is 0.175. The van der Waals surface area contributed by atoms with Crippen LogP contribution in [0.5, 0.6) is 0 Å². The molecule has 1 aliphatic carbocycles. The summed E-state index contributed by atoms with van der Waals surface area (Å²) in [5, 5.41) is 6.27. The molecule has 0 aromatic heterocycles. The Balaban J connectivity index is 2.06. The minimum Gasteiger partial charge on any atom is -0.353 e. The Bertz CT molecular complexity index is 211. The van der Waals surface area contributed by atoms with E-state index in [2.05, 4.69) is 38.3 Å². The van der Waals surface area contributed by atoms with Gasteiger partial charge in [0.2, 0.25) is 5.91 Å². The van der Waals surface area contributed by atoms with E-state index in [1.807, 2.05) is 0 Å². The zero-order valence-corrected chi connectivity index (χ0v) is 9.68. The molecule has 1 saturated carbocycles. The summed E-state index contributed by atoms with van der Waals surface area (Å²) in [7, 11) is 0. The van der Waals surface area contributed by atoms with Gasteiger partial charge >= 0.3 is 0 Å². The predicted molar refractivity (Wildman–Crippen MR) is 58.1 cm³/mol. The van der Waals surface area contributed by atoms with E-state index in [0.29, 0.717) is 23.9 Å². The number of amides is 1. The van der Waals surface area contributed by atoms with Gasteiger partial charge in [0.25, 0.3) is 0 Å². The van der Waals surface area contributed by atoms with Crippen molar-refractivity contribution < 1.29 is 4.79 Å². The van der Waals surface area contributed by atoms with Crippen LogP contribution in [0.3, 0.4) is 0 Å². The van der Waals surface area contributed by atoms with Crippen molar-refractivity contribution in [2.24, 2.45) is 5.41 Å². The lowest BCUT2D eigenvalue weighted by atomic mass is 10.2. The number of carbonyl (C=O) groups excluding carboxylic acids is 1. The smallest absolute Gasteiger partial charge is 0.221 e. The van der Waals surface area contributed by atoms with Gasteiger partial charge in [0.05, 0.1) is 0 Å². The highest BCUT2D eigenvalue weighted by Crippen LogP contribution is 2.44. The molecule has 2 N–H and O–H groups in total. The summed E-state index contributed by atoms with van der Waals surface area (Å²) < 4.78 is 0. The van der Waals surface area contributed by atoms with Crippen molar-refractivity contribution in [3.63, 3.8) is 0 Å². The number of rotatable bonds is 5. The first-order valence-electron chi connectivity index (χ1n) is 5.44. The molecule has 0 aromatic carbocycles. The second kappa shape index (κ2) is 4.30. The van der Waals surface area contributed by atoms with Gasteiger partial charge in [0.1, 0.15) is 0 Å². The Labute approximate surface area is 86.6 Å². The molecule has 1 atom stereocenters. The third kappa shape index (κ3) is 3.66. The fraction of sp³-hybridized carbons (Fsp3) is 0.909. The second-order valence-corrected chi connectivity index (χ2v) is 5.17. The fourth-order valence-electron chi connectivity index (χ4n) is 1.45. The van der Waals surface area contributed by atoms with Crippen molar-refractivity contribution in [2.75, 3.05) is 6.54 Å². The molecule has 3 nitrogen and oxygen atoms in total. The van der Waals surface area contributed by atoms with Crippen LogP contribution in [0, 0.1) is 5.41 Å². The Morgan fingerprint density at radius 3 is 2.50 bits per heavy atom. The van der Waals surface area contributed by atoms with Gasteiger partial charge in [-0.15, -0.1) is 0 Å². The van der Waals surface area contributed by atoms with Crippen LogP contribution in [0.25, 0.3) is 0 Å². The van der Waals surface area contributed by atoms with Crippen LogP contribution in [-0.4, -0.2) is 24.5 Å². The SMILES string of the molecule is CC(C)NCCC(=O)NC1CC1(C)C. The molecule has 3 heteroatoms. The summed E-state index contributed by atoms with van der Waals surface area (Å²) in [4.78, 5) is 11.4. The zero-order chi connectivity index (χ0) is 10.8. The predicted octanol–water partition coefficient (Wildman–Crippen LogP) is 1.29. The first-order valence-corrected chi connectivity index (χ1v) is 5.44. The molecule has 0 aromatic rings. The maximum atomic E-state index is 11.4. The van der Waals surface area contributed by atoms with Gasteiger partial charge in [-0.2, -0.15) is 0 Å². The van der Waals surface area contributed by atoms with Crippen molar-refractivity contribution in [1.82, 2.24) is 10.6 Å². The van der Waals surface area contributed by atoms with E-state index in [0.717, 1.165) is 13.0 Å². The topological polar surface area (TPSA) is 41.1 Å². The van der Waals surface area contributed by atoms with E-state index in [9.17, 15) is 4.79 Å². The highest BCUT2D eigenvalue weighted by atomic mass is 16.1. The molecule has 0 heterocycles. The van der Waals surface area contributed by atoms with Crippen molar-refractivity contribution in [1.29, 1.82) is 0 Å². The van der Waals surface area contributed by atoms with Crippen LogP contribution >= 0.6 is 0 Å².